The van der Waals surface area contributed by atoms with Gasteiger partial charge in [-0.1, -0.05) is 33.1 Å². The predicted octanol–water partition coefficient (Wildman–Crippen LogP) is 4.37. The molecule has 2 aliphatic rings. The summed E-state index contributed by atoms with van der Waals surface area (Å²) in [7, 11) is 3.24. The van der Waals surface area contributed by atoms with E-state index in [4.69, 9.17) is 9.47 Å². The van der Waals surface area contributed by atoms with E-state index in [1.807, 2.05) is 29.7 Å². The van der Waals surface area contributed by atoms with Gasteiger partial charge in [-0.25, -0.2) is 0 Å². The number of hydrogen-bond donors (Lipinski definition) is 1. The summed E-state index contributed by atoms with van der Waals surface area (Å²) in [5.74, 6) is 1.60. The molecular formula is C26H37N3O4. The molecule has 1 aromatic carbocycles. The van der Waals surface area contributed by atoms with Crippen LogP contribution in [0.25, 0.3) is 10.9 Å². The predicted molar refractivity (Wildman–Crippen MR) is 129 cm³/mol. The number of aromatic nitrogens is 1. The molecule has 0 saturated heterocycles. The number of hydrogen-bond acceptors (Lipinski definition) is 4. The van der Waals surface area contributed by atoms with Gasteiger partial charge in [-0.15, -0.1) is 0 Å². The number of carbonyl (C=O) groups is 2. The third-order valence-electron chi connectivity index (χ3n) is 7.60. The number of benzene rings is 1. The zero-order valence-electron chi connectivity index (χ0n) is 20.6. The number of methoxy groups -OCH3 is 2. The van der Waals surface area contributed by atoms with Crippen LogP contribution < -0.4 is 14.8 Å². The molecule has 3 atom stereocenters. The van der Waals surface area contributed by atoms with E-state index in [9.17, 15) is 9.59 Å². The SMILES string of the molecule is CCCCN1C(=O)c2cc3c(OC)ccc(OC)c3n2CC1(C)C(=O)NC1CCCCC1C. The molecular weight excluding hydrogens is 418 g/mol. The molecule has 7 nitrogen and oxygen atoms in total. The van der Waals surface area contributed by atoms with Crippen LogP contribution in [0.15, 0.2) is 18.2 Å². The first-order valence-corrected chi connectivity index (χ1v) is 12.2. The lowest BCUT2D eigenvalue weighted by molar-refractivity contribution is -0.134. The van der Waals surface area contributed by atoms with E-state index >= 15 is 0 Å². The Morgan fingerprint density at radius 3 is 2.55 bits per heavy atom. The van der Waals surface area contributed by atoms with Crippen LogP contribution in [0, 0.1) is 5.92 Å². The molecule has 180 valence electrons. The molecule has 2 heterocycles. The Bertz CT molecular complexity index is 1050. The summed E-state index contributed by atoms with van der Waals surface area (Å²) in [4.78, 5) is 29.4. The van der Waals surface area contributed by atoms with Crippen LogP contribution in [-0.4, -0.2) is 53.6 Å². The van der Waals surface area contributed by atoms with Crippen molar-refractivity contribution in [2.24, 2.45) is 5.92 Å². The van der Waals surface area contributed by atoms with Crippen molar-refractivity contribution in [1.29, 1.82) is 0 Å². The molecule has 7 heteroatoms. The van der Waals surface area contributed by atoms with Gasteiger partial charge in [0.25, 0.3) is 5.91 Å². The van der Waals surface area contributed by atoms with Gasteiger partial charge in [0.05, 0.1) is 26.3 Å². The van der Waals surface area contributed by atoms with E-state index in [-0.39, 0.29) is 17.9 Å². The normalized spacial score (nSPS) is 25.1. The minimum Gasteiger partial charge on any atom is -0.496 e. The van der Waals surface area contributed by atoms with Gasteiger partial charge in [0.2, 0.25) is 5.91 Å². The van der Waals surface area contributed by atoms with Crippen molar-refractivity contribution in [3.63, 3.8) is 0 Å². The van der Waals surface area contributed by atoms with Crippen molar-refractivity contribution in [2.75, 3.05) is 20.8 Å². The van der Waals surface area contributed by atoms with Gasteiger partial charge < -0.3 is 24.3 Å². The van der Waals surface area contributed by atoms with Crippen molar-refractivity contribution in [2.45, 2.75) is 77.4 Å². The first-order chi connectivity index (χ1) is 15.8. The number of carbonyl (C=O) groups excluding carboxylic acids is 2. The van der Waals surface area contributed by atoms with Crippen molar-refractivity contribution < 1.29 is 19.1 Å². The maximum atomic E-state index is 13.8. The first-order valence-electron chi connectivity index (χ1n) is 12.2. The summed E-state index contributed by atoms with van der Waals surface area (Å²) in [5, 5.41) is 4.15. The highest BCUT2D eigenvalue weighted by Gasteiger charge is 2.48. The minimum atomic E-state index is -0.990. The molecule has 2 aromatic rings. The van der Waals surface area contributed by atoms with Crippen LogP contribution in [0.4, 0.5) is 0 Å². The lowest BCUT2D eigenvalue weighted by Crippen LogP contribution is -2.65. The Hall–Kier alpha value is -2.70. The Morgan fingerprint density at radius 2 is 1.88 bits per heavy atom. The molecule has 1 aromatic heterocycles. The number of ether oxygens (including phenoxy) is 2. The van der Waals surface area contributed by atoms with Crippen molar-refractivity contribution in [3.8, 4) is 11.5 Å². The molecule has 1 N–H and O–H groups in total. The maximum absolute atomic E-state index is 13.8. The number of fused-ring (bicyclic) bond motifs is 3. The molecule has 0 spiro atoms. The van der Waals surface area contributed by atoms with E-state index in [1.165, 1.54) is 6.42 Å². The summed E-state index contributed by atoms with van der Waals surface area (Å²) >= 11 is 0. The fourth-order valence-electron chi connectivity index (χ4n) is 5.48. The van der Waals surface area contributed by atoms with E-state index < -0.39 is 5.54 Å². The average molecular weight is 456 g/mol. The highest BCUT2D eigenvalue weighted by molar-refractivity contribution is 6.05. The Balaban J connectivity index is 1.79. The Labute approximate surface area is 196 Å². The summed E-state index contributed by atoms with van der Waals surface area (Å²) < 4.78 is 13.2. The van der Waals surface area contributed by atoms with Gasteiger partial charge in [0.15, 0.2) is 0 Å². The fraction of sp³-hybridized carbons (Fsp3) is 0.615. The molecule has 0 radical (unpaired) electrons. The van der Waals surface area contributed by atoms with Gasteiger partial charge in [0.1, 0.15) is 22.7 Å². The number of nitrogens with one attached hydrogen (secondary N) is 1. The largest absolute Gasteiger partial charge is 0.496 e. The number of nitrogens with zero attached hydrogens (tertiary/aromatic N) is 2. The molecule has 1 fully saturated rings. The topological polar surface area (TPSA) is 72.8 Å². The molecule has 4 rings (SSSR count). The van der Waals surface area contributed by atoms with Crippen LogP contribution in [0.1, 0.15) is 69.8 Å². The van der Waals surface area contributed by atoms with Crippen molar-refractivity contribution >= 4 is 22.7 Å². The van der Waals surface area contributed by atoms with Crippen LogP contribution in [0.3, 0.4) is 0 Å². The van der Waals surface area contributed by atoms with Crippen molar-refractivity contribution in [1.82, 2.24) is 14.8 Å². The molecule has 1 aliphatic heterocycles. The average Bonchev–Trinajstić information content (AvgIpc) is 3.19. The van der Waals surface area contributed by atoms with Crippen LogP contribution in [0.5, 0.6) is 11.5 Å². The number of amides is 2. The Morgan fingerprint density at radius 1 is 1.18 bits per heavy atom. The monoisotopic (exact) mass is 455 g/mol. The van der Waals surface area contributed by atoms with Gasteiger partial charge in [-0.05, 0) is 50.3 Å². The van der Waals surface area contributed by atoms with Gasteiger partial charge in [-0.2, -0.15) is 0 Å². The lowest BCUT2D eigenvalue weighted by Gasteiger charge is -2.45. The lowest BCUT2D eigenvalue weighted by atomic mass is 9.85. The fourth-order valence-corrected chi connectivity index (χ4v) is 5.48. The van der Waals surface area contributed by atoms with Crippen molar-refractivity contribution in [3.05, 3.63) is 23.9 Å². The summed E-state index contributed by atoms with van der Waals surface area (Å²) in [5.41, 5.74) is 0.372. The molecule has 1 saturated carbocycles. The summed E-state index contributed by atoms with van der Waals surface area (Å²) in [6.45, 7) is 7.14. The van der Waals surface area contributed by atoms with E-state index in [2.05, 4.69) is 19.2 Å². The number of unbranched alkanes of at least 4 members (excludes halogenated alkanes) is 1. The molecule has 0 bridgehead atoms. The molecule has 2 amide bonds. The van der Waals surface area contributed by atoms with Crippen LogP contribution >= 0.6 is 0 Å². The van der Waals surface area contributed by atoms with Crippen LogP contribution in [0.2, 0.25) is 0 Å². The second-order valence-electron chi connectivity index (χ2n) is 9.77. The standard InChI is InChI=1S/C26H37N3O4/c1-6-7-14-29-24(30)20-15-18-21(32-4)12-13-22(33-5)23(18)28(20)16-26(29,3)25(31)27-19-11-9-8-10-17(19)2/h12-13,15,17,19H,6-11,14,16H2,1-5H3,(H,27,31). The van der Waals surface area contributed by atoms with Crippen LogP contribution in [-0.2, 0) is 11.3 Å². The molecule has 33 heavy (non-hydrogen) atoms. The molecule has 1 aliphatic carbocycles. The second kappa shape index (κ2) is 9.27. The van der Waals surface area contributed by atoms with E-state index in [0.29, 0.717) is 36.2 Å². The third-order valence-corrected chi connectivity index (χ3v) is 7.60. The van der Waals surface area contributed by atoms with Gasteiger partial charge >= 0.3 is 0 Å². The first kappa shape index (κ1) is 23.5. The highest BCUT2D eigenvalue weighted by Crippen LogP contribution is 2.40. The second-order valence-corrected chi connectivity index (χ2v) is 9.77. The highest BCUT2D eigenvalue weighted by atomic mass is 16.5. The zero-order chi connectivity index (χ0) is 23.8. The maximum Gasteiger partial charge on any atom is 0.271 e. The smallest absolute Gasteiger partial charge is 0.271 e. The molecule has 3 unspecified atom stereocenters. The van der Waals surface area contributed by atoms with E-state index in [0.717, 1.165) is 43.0 Å². The van der Waals surface area contributed by atoms with Gasteiger partial charge in [0, 0.05) is 18.0 Å². The summed E-state index contributed by atoms with van der Waals surface area (Å²) in [6, 6.07) is 5.73. The zero-order valence-corrected chi connectivity index (χ0v) is 20.6. The quantitative estimate of drug-likeness (QED) is 0.673. The van der Waals surface area contributed by atoms with Gasteiger partial charge in [-0.3, -0.25) is 9.59 Å². The third kappa shape index (κ3) is 3.96. The Kier molecular flexibility index (Phi) is 6.59. The number of rotatable bonds is 7. The van der Waals surface area contributed by atoms with E-state index in [1.54, 1.807) is 19.1 Å². The summed E-state index contributed by atoms with van der Waals surface area (Å²) in [6.07, 6.45) is 6.27. The minimum absolute atomic E-state index is 0.0694.